The largest absolute Gasteiger partial charge is 0.361 e. The smallest absolute Gasteiger partial charge is 0.321 e. The fourth-order valence-electron chi connectivity index (χ4n) is 3.54. The summed E-state index contributed by atoms with van der Waals surface area (Å²) >= 11 is 0. The summed E-state index contributed by atoms with van der Waals surface area (Å²) in [6, 6.07) is 7.44. The lowest BCUT2D eigenvalue weighted by Gasteiger charge is -2.35. The highest BCUT2D eigenvalue weighted by molar-refractivity contribution is 7.86. The number of hydrogen-bond acceptors (Lipinski definition) is 3. The van der Waals surface area contributed by atoms with Gasteiger partial charge in [0.25, 0.3) is 10.2 Å². The number of piperazine rings is 1. The summed E-state index contributed by atoms with van der Waals surface area (Å²) in [6.07, 6.45) is 3.70. The molecule has 2 fully saturated rings. The molecule has 140 valence electrons. The van der Waals surface area contributed by atoms with Crippen LogP contribution in [0.1, 0.15) is 12.8 Å². The van der Waals surface area contributed by atoms with Gasteiger partial charge >= 0.3 is 6.03 Å². The molecular weight excluding hydrogens is 354 g/mol. The highest BCUT2D eigenvalue weighted by Gasteiger charge is 2.34. The van der Waals surface area contributed by atoms with E-state index in [0.717, 1.165) is 29.4 Å². The second-order valence-corrected chi connectivity index (χ2v) is 8.64. The number of amides is 2. The van der Waals surface area contributed by atoms with E-state index >= 15 is 0 Å². The maximum absolute atomic E-state index is 12.6. The first-order valence-corrected chi connectivity index (χ1v) is 10.3. The van der Waals surface area contributed by atoms with Gasteiger partial charge in [-0.05, 0) is 37.1 Å². The second kappa shape index (κ2) is 6.90. The lowest BCUT2D eigenvalue weighted by atomic mass is 10.2. The quantitative estimate of drug-likeness (QED) is 0.853. The zero-order valence-corrected chi connectivity index (χ0v) is 15.3. The van der Waals surface area contributed by atoms with Crippen LogP contribution in [0.5, 0.6) is 0 Å². The minimum Gasteiger partial charge on any atom is -0.361 e. The SMILES string of the molecule is O=C(Nc1ccc2[nH]ccc2c1)N1CCN(S(=O)(=O)N2CCCC2)CC1. The van der Waals surface area contributed by atoms with Crippen molar-refractivity contribution in [2.45, 2.75) is 12.8 Å². The zero-order chi connectivity index (χ0) is 18.1. The van der Waals surface area contributed by atoms with E-state index in [1.807, 2.05) is 30.5 Å². The number of urea groups is 1. The standard InChI is InChI=1S/C17H23N5O3S/c23-17(19-15-3-4-16-14(13-15)5-6-18-16)20-9-11-22(12-10-20)26(24,25)21-7-1-2-8-21/h3-6,13,18H,1-2,7-12H2,(H,19,23). The normalized spacial score (nSPS) is 19.9. The third-order valence-electron chi connectivity index (χ3n) is 5.05. The molecule has 2 saturated heterocycles. The first-order valence-electron chi connectivity index (χ1n) is 8.92. The minimum atomic E-state index is -3.38. The third kappa shape index (κ3) is 3.29. The van der Waals surface area contributed by atoms with Gasteiger partial charge in [-0.15, -0.1) is 0 Å². The van der Waals surface area contributed by atoms with Crippen molar-refractivity contribution in [3.8, 4) is 0 Å². The lowest BCUT2D eigenvalue weighted by molar-refractivity contribution is 0.181. The Hall–Kier alpha value is -2.10. The fraction of sp³-hybridized carbons (Fsp3) is 0.471. The Kier molecular flexibility index (Phi) is 4.60. The summed E-state index contributed by atoms with van der Waals surface area (Å²) in [5, 5.41) is 3.93. The summed E-state index contributed by atoms with van der Waals surface area (Å²) in [5.41, 5.74) is 1.75. The summed E-state index contributed by atoms with van der Waals surface area (Å²) in [5.74, 6) is 0. The predicted molar refractivity (Wildman–Crippen MR) is 100 cm³/mol. The van der Waals surface area contributed by atoms with Crippen LogP contribution in [0, 0.1) is 0 Å². The lowest BCUT2D eigenvalue weighted by Crippen LogP contribution is -2.54. The highest BCUT2D eigenvalue weighted by Crippen LogP contribution is 2.20. The molecule has 8 nitrogen and oxygen atoms in total. The van der Waals surface area contributed by atoms with Crippen molar-refractivity contribution in [3.05, 3.63) is 30.5 Å². The number of nitrogens with zero attached hydrogens (tertiary/aromatic N) is 3. The Morgan fingerprint density at radius 2 is 1.65 bits per heavy atom. The van der Waals surface area contributed by atoms with Gasteiger partial charge in [0.2, 0.25) is 0 Å². The van der Waals surface area contributed by atoms with Crippen LogP contribution in [0.25, 0.3) is 10.9 Å². The first kappa shape index (κ1) is 17.3. The van der Waals surface area contributed by atoms with Gasteiger partial charge in [-0.2, -0.15) is 17.0 Å². The fourth-order valence-corrected chi connectivity index (χ4v) is 5.21. The molecule has 0 bridgehead atoms. The topological polar surface area (TPSA) is 88.7 Å². The zero-order valence-electron chi connectivity index (χ0n) is 14.5. The molecule has 0 unspecified atom stereocenters. The van der Waals surface area contributed by atoms with Crippen LogP contribution in [0.2, 0.25) is 0 Å². The summed E-state index contributed by atoms with van der Waals surface area (Å²) in [6.45, 7) is 2.66. The molecule has 1 aromatic heterocycles. The summed E-state index contributed by atoms with van der Waals surface area (Å²) in [4.78, 5) is 17.3. The van der Waals surface area contributed by atoms with Crippen LogP contribution in [0.3, 0.4) is 0 Å². The number of anilines is 1. The van der Waals surface area contributed by atoms with Crippen LogP contribution >= 0.6 is 0 Å². The minimum absolute atomic E-state index is 0.196. The number of fused-ring (bicyclic) bond motifs is 1. The van der Waals surface area contributed by atoms with E-state index in [1.54, 1.807) is 9.21 Å². The number of H-pyrrole nitrogens is 1. The Morgan fingerprint density at radius 3 is 2.38 bits per heavy atom. The van der Waals surface area contributed by atoms with Gasteiger partial charge in [-0.1, -0.05) is 0 Å². The molecule has 0 aliphatic carbocycles. The number of benzene rings is 1. The molecule has 1 aromatic carbocycles. The number of aromatic amines is 1. The van der Waals surface area contributed by atoms with E-state index in [0.29, 0.717) is 39.3 Å². The van der Waals surface area contributed by atoms with Gasteiger partial charge in [0.1, 0.15) is 0 Å². The van der Waals surface area contributed by atoms with Crippen molar-refractivity contribution in [1.82, 2.24) is 18.5 Å². The Bertz CT molecular complexity index is 896. The van der Waals surface area contributed by atoms with Crippen molar-refractivity contribution in [1.29, 1.82) is 0 Å². The average molecular weight is 377 g/mol. The Labute approximate surface area is 152 Å². The van der Waals surface area contributed by atoms with E-state index in [1.165, 1.54) is 4.31 Å². The van der Waals surface area contributed by atoms with Gasteiger partial charge in [0.05, 0.1) is 0 Å². The molecule has 3 heterocycles. The molecule has 2 aromatic rings. The molecule has 2 amide bonds. The van der Waals surface area contributed by atoms with Crippen molar-refractivity contribution in [3.63, 3.8) is 0 Å². The molecular formula is C17H23N5O3S. The van der Waals surface area contributed by atoms with E-state index in [9.17, 15) is 13.2 Å². The molecule has 0 spiro atoms. The van der Waals surface area contributed by atoms with Gasteiger partial charge < -0.3 is 15.2 Å². The van der Waals surface area contributed by atoms with Crippen LogP contribution < -0.4 is 5.32 Å². The monoisotopic (exact) mass is 377 g/mol. The molecule has 0 saturated carbocycles. The number of nitrogens with one attached hydrogen (secondary N) is 2. The molecule has 4 rings (SSSR count). The Morgan fingerprint density at radius 1 is 0.962 bits per heavy atom. The van der Waals surface area contributed by atoms with Gasteiger partial charge in [-0.3, -0.25) is 0 Å². The number of carbonyl (C=O) groups excluding carboxylic acids is 1. The summed E-state index contributed by atoms with van der Waals surface area (Å²) in [7, 11) is -3.38. The van der Waals surface area contributed by atoms with Crippen LogP contribution in [-0.4, -0.2) is 72.2 Å². The van der Waals surface area contributed by atoms with Crippen molar-refractivity contribution >= 4 is 32.8 Å². The number of aromatic nitrogens is 1. The van der Waals surface area contributed by atoms with Crippen LogP contribution in [-0.2, 0) is 10.2 Å². The molecule has 9 heteroatoms. The number of hydrogen-bond donors (Lipinski definition) is 2. The number of carbonyl (C=O) groups is 1. The second-order valence-electron chi connectivity index (χ2n) is 6.71. The first-order chi connectivity index (χ1) is 12.5. The van der Waals surface area contributed by atoms with Crippen LogP contribution in [0.15, 0.2) is 30.5 Å². The molecule has 2 aliphatic heterocycles. The van der Waals surface area contributed by atoms with Crippen molar-refractivity contribution in [2.75, 3.05) is 44.6 Å². The van der Waals surface area contributed by atoms with E-state index in [4.69, 9.17) is 0 Å². The van der Waals surface area contributed by atoms with Gasteiger partial charge in [-0.25, -0.2) is 4.79 Å². The highest BCUT2D eigenvalue weighted by atomic mass is 32.2. The predicted octanol–water partition coefficient (Wildman–Crippen LogP) is 1.66. The molecule has 0 radical (unpaired) electrons. The van der Waals surface area contributed by atoms with Gasteiger partial charge in [0.15, 0.2) is 0 Å². The van der Waals surface area contributed by atoms with E-state index < -0.39 is 10.2 Å². The van der Waals surface area contributed by atoms with E-state index in [-0.39, 0.29) is 6.03 Å². The Balaban J connectivity index is 1.35. The van der Waals surface area contributed by atoms with Crippen LogP contribution in [0.4, 0.5) is 10.5 Å². The van der Waals surface area contributed by atoms with Gasteiger partial charge in [0, 0.05) is 62.1 Å². The number of rotatable bonds is 3. The van der Waals surface area contributed by atoms with Crippen molar-refractivity contribution in [2.24, 2.45) is 0 Å². The maximum Gasteiger partial charge on any atom is 0.321 e. The molecule has 2 aliphatic rings. The molecule has 0 atom stereocenters. The maximum atomic E-state index is 12.6. The van der Waals surface area contributed by atoms with Crippen molar-refractivity contribution < 1.29 is 13.2 Å². The summed E-state index contributed by atoms with van der Waals surface area (Å²) < 4.78 is 28.2. The third-order valence-corrected chi connectivity index (χ3v) is 7.08. The average Bonchev–Trinajstić information content (AvgIpc) is 3.33. The molecule has 2 N–H and O–H groups in total. The van der Waals surface area contributed by atoms with E-state index in [2.05, 4.69) is 10.3 Å². The molecule has 26 heavy (non-hydrogen) atoms.